The zero-order valence-corrected chi connectivity index (χ0v) is 14.8. The molecule has 1 atom stereocenters. The number of fused-ring (bicyclic) bond motifs is 1. The van der Waals surface area contributed by atoms with E-state index in [4.69, 9.17) is 4.42 Å². The first-order valence-electron chi connectivity index (χ1n) is 8.83. The van der Waals surface area contributed by atoms with E-state index in [1.54, 1.807) is 4.90 Å². The number of para-hydroxylation sites is 1. The number of aromatic nitrogens is 1. The fourth-order valence-electron chi connectivity index (χ4n) is 3.55. The maximum Gasteiger partial charge on any atom is 0.227 e. The van der Waals surface area contributed by atoms with Crippen molar-refractivity contribution in [2.24, 2.45) is 0 Å². The zero-order valence-electron chi connectivity index (χ0n) is 14.8. The summed E-state index contributed by atoms with van der Waals surface area (Å²) in [5, 5.41) is 0. The lowest BCUT2D eigenvalue weighted by Crippen LogP contribution is -2.35. The number of anilines is 1. The molecule has 27 heavy (non-hydrogen) atoms. The Morgan fingerprint density at radius 2 is 1.93 bits per heavy atom. The molecule has 1 aromatic heterocycles. The van der Waals surface area contributed by atoms with Crippen LogP contribution < -0.4 is 4.90 Å². The number of rotatable bonds is 4. The number of amides is 1. The van der Waals surface area contributed by atoms with Gasteiger partial charge in [-0.05, 0) is 37.1 Å². The predicted molar refractivity (Wildman–Crippen MR) is 97.3 cm³/mol. The van der Waals surface area contributed by atoms with Gasteiger partial charge in [-0.25, -0.2) is 13.8 Å². The smallest absolute Gasteiger partial charge is 0.227 e. The molecule has 138 valence electrons. The van der Waals surface area contributed by atoms with E-state index in [2.05, 4.69) is 4.98 Å². The molecule has 0 fully saturated rings. The van der Waals surface area contributed by atoms with E-state index in [9.17, 15) is 13.6 Å². The Balaban J connectivity index is 1.47. The van der Waals surface area contributed by atoms with E-state index < -0.39 is 11.6 Å². The SMILES string of the molecule is C[C@H]1Cc2ccccc2N1C(=O)CCc1ncc(-c2c(F)cccc2F)o1. The summed E-state index contributed by atoms with van der Waals surface area (Å²) >= 11 is 0. The van der Waals surface area contributed by atoms with Crippen LogP contribution in [0.4, 0.5) is 14.5 Å². The Morgan fingerprint density at radius 1 is 1.19 bits per heavy atom. The molecular formula is C21H18F2N2O2. The summed E-state index contributed by atoms with van der Waals surface area (Å²) < 4.78 is 33.2. The summed E-state index contributed by atoms with van der Waals surface area (Å²) in [5.41, 5.74) is 1.85. The van der Waals surface area contributed by atoms with Crippen molar-refractivity contribution in [3.8, 4) is 11.3 Å². The van der Waals surface area contributed by atoms with Crippen LogP contribution in [0.5, 0.6) is 0 Å². The summed E-state index contributed by atoms with van der Waals surface area (Å²) in [6.45, 7) is 2.02. The number of carbonyl (C=O) groups is 1. The van der Waals surface area contributed by atoms with Crippen LogP contribution in [0.3, 0.4) is 0 Å². The van der Waals surface area contributed by atoms with Crippen LogP contribution in [0.2, 0.25) is 0 Å². The molecule has 4 nitrogen and oxygen atoms in total. The largest absolute Gasteiger partial charge is 0.441 e. The van der Waals surface area contributed by atoms with Gasteiger partial charge in [0.05, 0.1) is 11.8 Å². The molecule has 2 aromatic carbocycles. The molecule has 1 aliphatic heterocycles. The zero-order chi connectivity index (χ0) is 19.0. The van der Waals surface area contributed by atoms with E-state index in [1.807, 2.05) is 31.2 Å². The molecule has 4 rings (SSSR count). The molecule has 0 saturated heterocycles. The lowest BCUT2D eigenvalue weighted by Gasteiger charge is -2.22. The fraction of sp³-hybridized carbons (Fsp3) is 0.238. The van der Waals surface area contributed by atoms with Crippen molar-refractivity contribution in [1.29, 1.82) is 0 Å². The van der Waals surface area contributed by atoms with Crippen molar-refractivity contribution in [3.63, 3.8) is 0 Å². The van der Waals surface area contributed by atoms with Gasteiger partial charge in [-0.2, -0.15) is 0 Å². The van der Waals surface area contributed by atoms with E-state index >= 15 is 0 Å². The number of halogens is 2. The maximum absolute atomic E-state index is 13.9. The van der Waals surface area contributed by atoms with Crippen molar-refractivity contribution in [1.82, 2.24) is 4.98 Å². The van der Waals surface area contributed by atoms with E-state index in [-0.39, 0.29) is 42.0 Å². The van der Waals surface area contributed by atoms with Gasteiger partial charge in [0.25, 0.3) is 0 Å². The standard InChI is InChI=1S/C21H18F2N2O2/c1-13-11-14-5-2-3-8-17(14)25(13)20(26)10-9-19-24-12-18(27-19)21-15(22)6-4-7-16(21)23/h2-8,12-13H,9-11H2,1H3/t13-/m0/s1. The van der Waals surface area contributed by atoms with Crippen LogP contribution in [0.1, 0.15) is 24.8 Å². The minimum Gasteiger partial charge on any atom is -0.441 e. The van der Waals surface area contributed by atoms with Gasteiger partial charge in [0, 0.05) is 24.6 Å². The number of aryl methyl sites for hydroxylation is 1. The molecule has 2 heterocycles. The molecule has 0 N–H and O–H groups in total. The molecule has 0 radical (unpaired) electrons. The highest BCUT2D eigenvalue weighted by Gasteiger charge is 2.30. The third kappa shape index (κ3) is 3.23. The normalized spacial score (nSPS) is 15.8. The highest BCUT2D eigenvalue weighted by atomic mass is 19.1. The first kappa shape index (κ1) is 17.4. The molecule has 0 aliphatic carbocycles. The number of oxazole rings is 1. The van der Waals surface area contributed by atoms with Crippen molar-refractivity contribution in [2.75, 3.05) is 4.90 Å². The Kier molecular flexibility index (Phi) is 4.48. The van der Waals surface area contributed by atoms with Crippen LogP contribution in [-0.2, 0) is 17.6 Å². The van der Waals surface area contributed by atoms with Gasteiger partial charge in [0.15, 0.2) is 11.7 Å². The first-order chi connectivity index (χ1) is 13.0. The summed E-state index contributed by atoms with van der Waals surface area (Å²) in [6, 6.07) is 11.6. The Hall–Kier alpha value is -3.02. The van der Waals surface area contributed by atoms with Crippen LogP contribution in [-0.4, -0.2) is 16.9 Å². The van der Waals surface area contributed by atoms with Gasteiger partial charge in [0.2, 0.25) is 5.91 Å². The number of hydrogen-bond donors (Lipinski definition) is 0. The maximum atomic E-state index is 13.9. The first-order valence-corrected chi connectivity index (χ1v) is 8.83. The van der Waals surface area contributed by atoms with E-state index in [0.717, 1.165) is 29.8 Å². The Bertz CT molecular complexity index is 979. The monoisotopic (exact) mass is 368 g/mol. The molecule has 1 amide bonds. The third-order valence-corrected chi connectivity index (χ3v) is 4.79. The van der Waals surface area contributed by atoms with Crippen LogP contribution in [0.15, 0.2) is 53.1 Å². The minimum atomic E-state index is -0.712. The molecule has 0 saturated carbocycles. The summed E-state index contributed by atoms with van der Waals surface area (Å²) in [6.07, 6.45) is 2.59. The van der Waals surface area contributed by atoms with Crippen LogP contribution in [0.25, 0.3) is 11.3 Å². The molecule has 1 aliphatic rings. The second kappa shape index (κ2) is 6.95. The van der Waals surface area contributed by atoms with Gasteiger partial charge < -0.3 is 9.32 Å². The predicted octanol–water partition coefficient (Wildman–Crippen LogP) is 4.53. The third-order valence-electron chi connectivity index (χ3n) is 4.79. The quantitative estimate of drug-likeness (QED) is 0.680. The second-order valence-corrected chi connectivity index (χ2v) is 6.66. The second-order valence-electron chi connectivity index (χ2n) is 6.66. The van der Waals surface area contributed by atoms with Crippen molar-refractivity contribution in [2.45, 2.75) is 32.2 Å². The van der Waals surface area contributed by atoms with Crippen LogP contribution in [0, 0.1) is 11.6 Å². The van der Waals surface area contributed by atoms with E-state index in [0.29, 0.717) is 0 Å². The lowest BCUT2D eigenvalue weighted by molar-refractivity contribution is -0.118. The van der Waals surface area contributed by atoms with Crippen LogP contribution >= 0.6 is 0 Å². The van der Waals surface area contributed by atoms with Gasteiger partial charge in [0.1, 0.15) is 11.6 Å². The number of hydrogen-bond acceptors (Lipinski definition) is 3. The summed E-state index contributed by atoms with van der Waals surface area (Å²) in [7, 11) is 0. The number of benzene rings is 2. The number of nitrogens with zero attached hydrogens (tertiary/aromatic N) is 2. The topological polar surface area (TPSA) is 46.3 Å². The van der Waals surface area contributed by atoms with E-state index in [1.165, 1.54) is 12.3 Å². The summed E-state index contributed by atoms with van der Waals surface area (Å²) in [5.74, 6) is -1.15. The average Bonchev–Trinajstić information content (AvgIpc) is 3.23. The lowest BCUT2D eigenvalue weighted by atomic mass is 10.1. The molecule has 0 spiro atoms. The molecule has 3 aromatic rings. The highest BCUT2D eigenvalue weighted by Crippen LogP contribution is 2.32. The Morgan fingerprint density at radius 3 is 2.70 bits per heavy atom. The molecular weight excluding hydrogens is 350 g/mol. The van der Waals surface area contributed by atoms with Crippen molar-refractivity contribution < 1.29 is 18.0 Å². The van der Waals surface area contributed by atoms with Gasteiger partial charge in [-0.3, -0.25) is 4.79 Å². The highest BCUT2D eigenvalue weighted by molar-refractivity contribution is 5.96. The van der Waals surface area contributed by atoms with Gasteiger partial charge in [-0.15, -0.1) is 0 Å². The molecule has 0 unspecified atom stereocenters. The molecule has 6 heteroatoms. The molecule has 0 bridgehead atoms. The van der Waals surface area contributed by atoms with Gasteiger partial charge in [-0.1, -0.05) is 24.3 Å². The summed E-state index contributed by atoms with van der Waals surface area (Å²) in [4.78, 5) is 18.6. The van der Waals surface area contributed by atoms with Crippen molar-refractivity contribution in [3.05, 3.63) is 71.8 Å². The number of carbonyl (C=O) groups excluding carboxylic acids is 1. The average molecular weight is 368 g/mol. The fourth-order valence-corrected chi connectivity index (χ4v) is 3.55. The minimum absolute atomic E-state index is 0.0212. The van der Waals surface area contributed by atoms with Gasteiger partial charge >= 0.3 is 0 Å². The Labute approximate surface area is 155 Å². The van der Waals surface area contributed by atoms with Crippen molar-refractivity contribution >= 4 is 11.6 Å².